The molecule has 112 valence electrons. The lowest BCUT2D eigenvalue weighted by Gasteiger charge is -2.47. The molecule has 1 aliphatic heterocycles. The molecular weight excluding hydrogens is 254 g/mol. The van der Waals surface area contributed by atoms with E-state index >= 15 is 0 Å². The summed E-state index contributed by atoms with van der Waals surface area (Å²) in [6.45, 7) is 1.00. The van der Waals surface area contributed by atoms with Gasteiger partial charge in [-0.15, -0.1) is 0 Å². The lowest BCUT2D eigenvalue weighted by molar-refractivity contribution is -0.262. The Bertz CT molecular complexity index is 405. The van der Waals surface area contributed by atoms with Crippen LogP contribution >= 0.6 is 0 Å². The van der Waals surface area contributed by atoms with E-state index in [2.05, 4.69) is 11.9 Å². The third kappa shape index (κ3) is 3.04. The van der Waals surface area contributed by atoms with Crippen LogP contribution in [-0.4, -0.2) is 49.6 Å². The van der Waals surface area contributed by atoms with Crippen LogP contribution in [-0.2, 0) is 9.47 Å². The van der Waals surface area contributed by atoms with Gasteiger partial charge in [0, 0.05) is 20.6 Å². The first kappa shape index (κ1) is 15.4. The number of piperidine rings is 1. The van der Waals surface area contributed by atoms with Gasteiger partial charge >= 0.3 is 0 Å². The Morgan fingerprint density at radius 2 is 1.95 bits per heavy atom. The predicted molar refractivity (Wildman–Crippen MR) is 78.4 cm³/mol. The number of likely N-dealkylation sites (N-methyl/N-ethyl adjacent to an activating group) is 1. The molecule has 1 N–H and O–H groups in total. The second kappa shape index (κ2) is 6.68. The number of aliphatic hydroxyl groups is 1. The van der Waals surface area contributed by atoms with E-state index < -0.39 is 11.9 Å². The fraction of sp³-hybridized carbons (Fsp3) is 0.625. The molecule has 0 saturated carbocycles. The topological polar surface area (TPSA) is 41.9 Å². The zero-order valence-corrected chi connectivity index (χ0v) is 12.6. The average molecular weight is 279 g/mol. The number of ether oxygens (including phenoxy) is 2. The maximum absolute atomic E-state index is 10.5. The molecule has 0 spiro atoms. The summed E-state index contributed by atoms with van der Waals surface area (Å²) in [5.74, 6) is -0.622. The van der Waals surface area contributed by atoms with Crippen LogP contribution in [0.15, 0.2) is 30.3 Å². The highest BCUT2D eigenvalue weighted by molar-refractivity contribution is 5.17. The van der Waals surface area contributed by atoms with Gasteiger partial charge in [0.05, 0.1) is 12.1 Å². The molecule has 1 aromatic rings. The Morgan fingerprint density at radius 3 is 2.55 bits per heavy atom. The van der Waals surface area contributed by atoms with Crippen LogP contribution in [0.4, 0.5) is 0 Å². The van der Waals surface area contributed by atoms with Crippen molar-refractivity contribution in [2.24, 2.45) is 0 Å². The molecule has 0 bridgehead atoms. The highest BCUT2D eigenvalue weighted by atomic mass is 16.7. The van der Waals surface area contributed by atoms with E-state index in [1.54, 1.807) is 14.2 Å². The van der Waals surface area contributed by atoms with Crippen LogP contribution in [0.3, 0.4) is 0 Å². The van der Waals surface area contributed by atoms with Gasteiger partial charge in [-0.2, -0.15) is 0 Å². The third-order valence-electron chi connectivity index (χ3n) is 4.40. The summed E-state index contributed by atoms with van der Waals surface area (Å²) >= 11 is 0. The molecule has 1 aromatic carbocycles. The van der Waals surface area contributed by atoms with Crippen LogP contribution in [0.5, 0.6) is 0 Å². The Labute approximate surface area is 121 Å². The molecular formula is C16H25NO3. The van der Waals surface area contributed by atoms with Crippen molar-refractivity contribution in [2.45, 2.75) is 37.2 Å². The van der Waals surface area contributed by atoms with Crippen LogP contribution in [0, 0.1) is 0 Å². The van der Waals surface area contributed by atoms with Crippen molar-refractivity contribution >= 4 is 0 Å². The standard InChI is InChI=1S/C16H25NO3/c1-17-11-7-10-16(19-2,20-3)15(17)12-14(18)13-8-5-4-6-9-13/h4-6,8-9,14-15,18H,7,10-12H2,1-3H3/t14-,15-/m0/s1. The van der Waals surface area contributed by atoms with E-state index in [4.69, 9.17) is 9.47 Å². The van der Waals surface area contributed by atoms with Gasteiger partial charge in [-0.05, 0) is 32.0 Å². The van der Waals surface area contributed by atoms with Gasteiger partial charge in [0.15, 0.2) is 5.79 Å². The molecule has 0 aliphatic carbocycles. The Balaban J connectivity index is 2.15. The highest BCUT2D eigenvalue weighted by Crippen LogP contribution is 2.35. The lowest BCUT2D eigenvalue weighted by atomic mass is 9.89. The van der Waals surface area contributed by atoms with E-state index in [9.17, 15) is 5.11 Å². The molecule has 1 saturated heterocycles. The van der Waals surface area contributed by atoms with E-state index in [-0.39, 0.29) is 6.04 Å². The number of hydrogen-bond acceptors (Lipinski definition) is 4. The second-order valence-electron chi connectivity index (χ2n) is 5.48. The predicted octanol–water partition coefficient (Wildman–Crippen LogP) is 2.19. The van der Waals surface area contributed by atoms with E-state index in [0.717, 1.165) is 24.9 Å². The van der Waals surface area contributed by atoms with Crippen molar-refractivity contribution in [1.29, 1.82) is 0 Å². The van der Waals surface area contributed by atoms with E-state index in [0.29, 0.717) is 6.42 Å². The fourth-order valence-corrected chi connectivity index (χ4v) is 3.17. The molecule has 4 heteroatoms. The largest absolute Gasteiger partial charge is 0.388 e. The summed E-state index contributed by atoms with van der Waals surface area (Å²) in [5.41, 5.74) is 0.938. The van der Waals surface area contributed by atoms with Crippen LogP contribution in [0.2, 0.25) is 0 Å². The molecule has 2 atom stereocenters. The Hall–Kier alpha value is -0.940. The van der Waals surface area contributed by atoms with E-state index in [1.807, 2.05) is 30.3 Å². The first-order chi connectivity index (χ1) is 9.63. The van der Waals surface area contributed by atoms with Crippen molar-refractivity contribution in [3.63, 3.8) is 0 Å². The molecule has 20 heavy (non-hydrogen) atoms. The zero-order valence-electron chi connectivity index (χ0n) is 12.6. The second-order valence-corrected chi connectivity index (χ2v) is 5.48. The quantitative estimate of drug-likeness (QED) is 0.839. The van der Waals surface area contributed by atoms with Crippen molar-refractivity contribution in [1.82, 2.24) is 4.90 Å². The smallest absolute Gasteiger partial charge is 0.183 e. The number of hydrogen-bond donors (Lipinski definition) is 1. The summed E-state index contributed by atoms with van der Waals surface area (Å²) in [4.78, 5) is 2.22. The molecule has 4 nitrogen and oxygen atoms in total. The number of benzene rings is 1. The van der Waals surface area contributed by atoms with Gasteiger partial charge in [-0.25, -0.2) is 0 Å². The van der Waals surface area contributed by atoms with Crippen LogP contribution in [0.1, 0.15) is 30.9 Å². The van der Waals surface area contributed by atoms with Crippen LogP contribution < -0.4 is 0 Å². The molecule has 0 aromatic heterocycles. The molecule has 0 unspecified atom stereocenters. The normalized spacial score (nSPS) is 24.5. The van der Waals surface area contributed by atoms with Gasteiger partial charge < -0.3 is 14.6 Å². The zero-order chi connectivity index (χ0) is 14.6. The Kier molecular flexibility index (Phi) is 5.16. The Morgan fingerprint density at radius 1 is 1.30 bits per heavy atom. The minimum absolute atomic E-state index is 0.0430. The monoisotopic (exact) mass is 279 g/mol. The summed E-state index contributed by atoms with van der Waals surface area (Å²) in [6.07, 6.45) is 1.99. The number of nitrogens with zero attached hydrogens (tertiary/aromatic N) is 1. The van der Waals surface area contributed by atoms with Gasteiger partial charge in [0.25, 0.3) is 0 Å². The number of methoxy groups -OCH3 is 2. The van der Waals surface area contributed by atoms with Gasteiger partial charge in [0.2, 0.25) is 0 Å². The molecule has 1 aliphatic rings. The van der Waals surface area contributed by atoms with E-state index in [1.165, 1.54) is 0 Å². The molecule has 0 amide bonds. The van der Waals surface area contributed by atoms with Crippen molar-refractivity contribution in [3.05, 3.63) is 35.9 Å². The average Bonchev–Trinajstić information content (AvgIpc) is 2.50. The number of aliphatic hydroxyl groups excluding tert-OH is 1. The molecule has 1 heterocycles. The van der Waals surface area contributed by atoms with Gasteiger partial charge in [-0.1, -0.05) is 30.3 Å². The van der Waals surface area contributed by atoms with Gasteiger partial charge in [-0.3, -0.25) is 4.90 Å². The first-order valence-corrected chi connectivity index (χ1v) is 7.16. The summed E-state index contributed by atoms with van der Waals surface area (Å²) in [5, 5.41) is 10.5. The SMILES string of the molecule is COC1(OC)CCCN(C)[C@H]1C[C@H](O)c1ccccc1. The number of rotatable bonds is 5. The maximum atomic E-state index is 10.5. The minimum Gasteiger partial charge on any atom is -0.388 e. The van der Waals surface area contributed by atoms with Crippen molar-refractivity contribution in [3.8, 4) is 0 Å². The third-order valence-corrected chi connectivity index (χ3v) is 4.40. The van der Waals surface area contributed by atoms with Crippen LogP contribution in [0.25, 0.3) is 0 Å². The molecule has 0 radical (unpaired) electrons. The maximum Gasteiger partial charge on any atom is 0.183 e. The van der Waals surface area contributed by atoms with Gasteiger partial charge in [0.1, 0.15) is 0 Å². The molecule has 1 fully saturated rings. The summed E-state index contributed by atoms with van der Waals surface area (Å²) in [7, 11) is 5.43. The summed E-state index contributed by atoms with van der Waals surface area (Å²) < 4.78 is 11.3. The highest BCUT2D eigenvalue weighted by Gasteiger charge is 2.45. The summed E-state index contributed by atoms with van der Waals surface area (Å²) in [6, 6.07) is 9.80. The number of likely N-dealkylation sites (tertiary alicyclic amines) is 1. The minimum atomic E-state index is -0.622. The lowest BCUT2D eigenvalue weighted by Crippen LogP contribution is -2.58. The fourth-order valence-electron chi connectivity index (χ4n) is 3.17. The molecule has 2 rings (SSSR count). The first-order valence-electron chi connectivity index (χ1n) is 7.16. The van der Waals surface area contributed by atoms with Crippen molar-refractivity contribution < 1.29 is 14.6 Å². The van der Waals surface area contributed by atoms with Crippen molar-refractivity contribution in [2.75, 3.05) is 27.8 Å².